The van der Waals surface area contributed by atoms with Crippen LogP contribution in [0.1, 0.15) is 30.5 Å². The molecule has 0 unspecified atom stereocenters. The summed E-state index contributed by atoms with van der Waals surface area (Å²) in [6.07, 6.45) is 0. The van der Waals surface area contributed by atoms with E-state index in [0.29, 0.717) is 17.3 Å². The van der Waals surface area contributed by atoms with Gasteiger partial charge in [-0.1, -0.05) is 37.7 Å². The number of rotatable bonds is 7. The highest BCUT2D eigenvalue weighted by Gasteiger charge is 2.17. The van der Waals surface area contributed by atoms with Gasteiger partial charge in [0.2, 0.25) is 0 Å². The smallest absolute Gasteiger partial charge is 0.336 e. The van der Waals surface area contributed by atoms with Gasteiger partial charge in [0.05, 0.1) is 7.11 Å². The summed E-state index contributed by atoms with van der Waals surface area (Å²) in [5, 5.41) is 10.8. The second kappa shape index (κ2) is 9.20. The number of methoxy groups -OCH3 is 1. The molecule has 4 rings (SSSR count). The summed E-state index contributed by atoms with van der Waals surface area (Å²) in [5.74, 6) is 2.66. The summed E-state index contributed by atoms with van der Waals surface area (Å²) in [6, 6.07) is 13.5. The molecule has 4 aromatic rings. The van der Waals surface area contributed by atoms with Gasteiger partial charge in [-0.15, -0.1) is 10.2 Å². The molecule has 0 bridgehead atoms. The highest BCUT2D eigenvalue weighted by Crippen LogP contribution is 2.31. The fraction of sp³-hybridized carbons (Fsp3) is 0.320. The number of aryl methyl sites for hydroxylation is 2. The van der Waals surface area contributed by atoms with Gasteiger partial charge in [-0.05, 0) is 60.7 Å². The Labute approximate surface area is 191 Å². The van der Waals surface area contributed by atoms with Crippen molar-refractivity contribution < 1.29 is 9.15 Å². The molecule has 166 valence electrons. The SMILES string of the molecule is COc1ccc(-c2nnc(SCc3cc(=O)oc4c(C)c(C)ccc34)n2CC(C)C)cc1. The lowest BCUT2D eigenvalue weighted by Crippen LogP contribution is -2.08. The number of hydrogen-bond acceptors (Lipinski definition) is 6. The van der Waals surface area contributed by atoms with E-state index in [-0.39, 0.29) is 5.63 Å². The van der Waals surface area contributed by atoms with Gasteiger partial charge in [-0.25, -0.2) is 4.79 Å². The van der Waals surface area contributed by atoms with Crippen LogP contribution in [-0.2, 0) is 12.3 Å². The van der Waals surface area contributed by atoms with Crippen LogP contribution in [0, 0.1) is 19.8 Å². The standard InChI is InChI=1S/C25H27N3O3S/c1-15(2)13-28-24(18-7-9-20(30-5)10-8-18)26-27-25(28)32-14-19-12-22(29)31-23-17(4)16(3)6-11-21(19)23/h6-12,15H,13-14H2,1-5H3. The number of hydrogen-bond donors (Lipinski definition) is 0. The van der Waals surface area contributed by atoms with Crippen LogP contribution in [0.25, 0.3) is 22.4 Å². The van der Waals surface area contributed by atoms with Crippen LogP contribution in [0.4, 0.5) is 0 Å². The molecule has 2 heterocycles. The maximum absolute atomic E-state index is 12.2. The van der Waals surface area contributed by atoms with Crippen LogP contribution >= 0.6 is 11.8 Å². The molecule has 0 aliphatic rings. The molecule has 6 nitrogen and oxygen atoms in total. The van der Waals surface area contributed by atoms with E-state index in [1.54, 1.807) is 24.9 Å². The molecular formula is C25H27N3O3S. The van der Waals surface area contributed by atoms with Crippen LogP contribution in [0.2, 0.25) is 0 Å². The van der Waals surface area contributed by atoms with Gasteiger partial charge in [-0.2, -0.15) is 0 Å². The third kappa shape index (κ3) is 4.43. The van der Waals surface area contributed by atoms with Gasteiger partial charge in [0.25, 0.3) is 0 Å². The van der Waals surface area contributed by atoms with E-state index < -0.39 is 0 Å². The molecule has 0 N–H and O–H groups in total. The number of benzene rings is 2. The summed E-state index contributed by atoms with van der Waals surface area (Å²) in [5.41, 5.74) is 4.36. The van der Waals surface area contributed by atoms with Crippen LogP contribution in [0.15, 0.2) is 56.8 Å². The largest absolute Gasteiger partial charge is 0.497 e. The lowest BCUT2D eigenvalue weighted by molar-refractivity contribution is 0.415. The van der Waals surface area contributed by atoms with E-state index in [2.05, 4.69) is 34.7 Å². The maximum atomic E-state index is 12.2. The Hall–Kier alpha value is -3.06. The van der Waals surface area contributed by atoms with E-state index >= 15 is 0 Å². The zero-order chi connectivity index (χ0) is 22.8. The second-order valence-corrected chi connectivity index (χ2v) is 9.25. The fourth-order valence-electron chi connectivity index (χ4n) is 3.67. The molecule has 0 fully saturated rings. The van der Waals surface area contributed by atoms with Crippen LogP contribution < -0.4 is 10.4 Å². The van der Waals surface area contributed by atoms with Crippen molar-refractivity contribution in [2.24, 2.45) is 5.92 Å². The first-order valence-corrected chi connectivity index (χ1v) is 11.6. The summed E-state index contributed by atoms with van der Waals surface area (Å²) in [7, 11) is 1.65. The van der Waals surface area contributed by atoms with E-state index in [9.17, 15) is 4.79 Å². The van der Waals surface area contributed by atoms with Crippen molar-refractivity contribution >= 4 is 22.7 Å². The molecule has 0 aliphatic heterocycles. The predicted molar refractivity (Wildman–Crippen MR) is 128 cm³/mol. The average molecular weight is 450 g/mol. The number of fused-ring (bicyclic) bond motifs is 1. The normalized spacial score (nSPS) is 11.4. The van der Waals surface area contributed by atoms with E-state index in [0.717, 1.165) is 50.9 Å². The molecule has 32 heavy (non-hydrogen) atoms. The van der Waals surface area contributed by atoms with Crippen molar-refractivity contribution in [3.05, 3.63) is 69.6 Å². The molecular weight excluding hydrogens is 422 g/mol. The number of nitrogens with zero attached hydrogens (tertiary/aromatic N) is 3. The first-order valence-electron chi connectivity index (χ1n) is 10.6. The average Bonchev–Trinajstić information content (AvgIpc) is 3.16. The van der Waals surface area contributed by atoms with Gasteiger partial charge >= 0.3 is 5.63 Å². The summed E-state index contributed by atoms with van der Waals surface area (Å²) >= 11 is 1.58. The summed E-state index contributed by atoms with van der Waals surface area (Å²) in [6.45, 7) is 9.15. The number of ether oxygens (including phenoxy) is 1. The van der Waals surface area contributed by atoms with Gasteiger partial charge in [0.15, 0.2) is 11.0 Å². The Kier molecular flexibility index (Phi) is 6.37. The van der Waals surface area contributed by atoms with Crippen LogP contribution in [0.3, 0.4) is 0 Å². The summed E-state index contributed by atoms with van der Waals surface area (Å²) < 4.78 is 12.9. The second-order valence-electron chi connectivity index (χ2n) is 8.30. The minimum atomic E-state index is -0.329. The van der Waals surface area contributed by atoms with Crippen molar-refractivity contribution in [2.45, 2.75) is 45.1 Å². The highest BCUT2D eigenvalue weighted by atomic mass is 32.2. The maximum Gasteiger partial charge on any atom is 0.336 e. The zero-order valence-electron chi connectivity index (χ0n) is 19.0. The van der Waals surface area contributed by atoms with E-state index in [1.165, 1.54) is 0 Å². The quantitative estimate of drug-likeness (QED) is 0.269. The Morgan fingerprint density at radius 1 is 1.09 bits per heavy atom. The van der Waals surface area contributed by atoms with Crippen molar-refractivity contribution in [2.75, 3.05) is 7.11 Å². The topological polar surface area (TPSA) is 70.2 Å². The third-order valence-electron chi connectivity index (χ3n) is 5.49. The highest BCUT2D eigenvalue weighted by molar-refractivity contribution is 7.98. The lowest BCUT2D eigenvalue weighted by atomic mass is 10.0. The van der Waals surface area contributed by atoms with Crippen molar-refractivity contribution in [3.8, 4) is 17.1 Å². The van der Waals surface area contributed by atoms with E-state index in [1.807, 2.05) is 44.2 Å². The molecule has 0 saturated carbocycles. The molecule has 0 spiro atoms. The molecule has 0 radical (unpaired) electrons. The third-order valence-corrected chi connectivity index (χ3v) is 6.50. The molecule has 0 saturated heterocycles. The Bertz CT molecular complexity index is 1310. The minimum Gasteiger partial charge on any atom is -0.497 e. The Morgan fingerprint density at radius 2 is 1.84 bits per heavy atom. The molecule has 2 aromatic heterocycles. The Balaban J connectivity index is 1.68. The zero-order valence-corrected chi connectivity index (χ0v) is 19.8. The van der Waals surface area contributed by atoms with Crippen molar-refractivity contribution in [3.63, 3.8) is 0 Å². The Morgan fingerprint density at radius 3 is 2.53 bits per heavy atom. The van der Waals surface area contributed by atoms with Crippen LogP contribution in [-0.4, -0.2) is 21.9 Å². The van der Waals surface area contributed by atoms with Crippen molar-refractivity contribution in [1.82, 2.24) is 14.8 Å². The summed E-state index contributed by atoms with van der Waals surface area (Å²) in [4.78, 5) is 12.2. The number of thioether (sulfide) groups is 1. The molecule has 7 heteroatoms. The number of aromatic nitrogens is 3. The van der Waals surface area contributed by atoms with E-state index in [4.69, 9.17) is 9.15 Å². The first kappa shape index (κ1) is 22.1. The van der Waals surface area contributed by atoms with Gasteiger partial charge in [0, 0.05) is 29.3 Å². The predicted octanol–water partition coefficient (Wildman–Crippen LogP) is 5.63. The molecule has 0 aliphatic carbocycles. The van der Waals surface area contributed by atoms with Crippen molar-refractivity contribution in [1.29, 1.82) is 0 Å². The van der Waals surface area contributed by atoms with Gasteiger partial charge in [-0.3, -0.25) is 0 Å². The minimum absolute atomic E-state index is 0.329. The van der Waals surface area contributed by atoms with Crippen LogP contribution in [0.5, 0.6) is 5.75 Å². The lowest BCUT2D eigenvalue weighted by Gasteiger charge is -2.13. The fourth-order valence-corrected chi connectivity index (χ4v) is 4.60. The molecule has 2 aromatic carbocycles. The molecule has 0 amide bonds. The van der Waals surface area contributed by atoms with Gasteiger partial charge in [0.1, 0.15) is 11.3 Å². The van der Waals surface area contributed by atoms with Gasteiger partial charge < -0.3 is 13.7 Å². The first-order chi connectivity index (χ1) is 15.4. The monoisotopic (exact) mass is 449 g/mol. The molecule has 0 atom stereocenters.